The number of anilines is 1. The number of rotatable bonds is 8. The molecule has 0 saturated carbocycles. The molecular formula is C17H29N3O. The summed E-state index contributed by atoms with van der Waals surface area (Å²) < 4.78 is 0. The van der Waals surface area contributed by atoms with E-state index in [0.717, 1.165) is 32.4 Å². The van der Waals surface area contributed by atoms with Crippen LogP contribution in [0.5, 0.6) is 0 Å². The van der Waals surface area contributed by atoms with Crippen molar-refractivity contribution in [3.63, 3.8) is 0 Å². The van der Waals surface area contributed by atoms with Crippen LogP contribution in [0.3, 0.4) is 0 Å². The van der Waals surface area contributed by atoms with Crippen LogP contribution in [0.4, 0.5) is 5.69 Å². The highest BCUT2D eigenvalue weighted by Crippen LogP contribution is 2.24. The maximum Gasteiger partial charge on any atom is 0.144 e. The maximum absolute atomic E-state index is 8.78. The molecule has 0 aliphatic rings. The van der Waals surface area contributed by atoms with Crippen molar-refractivity contribution in [1.29, 1.82) is 0 Å². The normalized spacial score (nSPS) is 12.5. The molecule has 4 heteroatoms. The number of aryl methyl sites for hydroxylation is 1. The fourth-order valence-electron chi connectivity index (χ4n) is 2.36. The first-order valence-corrected chi connectivity index (χ1v) is 7.70. The van der Waals surface area contributed by atoms with Crippen LogP contribution in [0, 0.1) is 12.3 Å². The van der Waals surface area contributed by atoms with Gasteiger partial charge in [-0.1, -0.05) is 43.1 Å². The Bertz CT molecular complexity index is 452. The van der Waals surface area contributed by atoms with E-state index in [1.807, 2.05) is 13.8 Å². The van der Waals surface area contributed by atoms with E-state index in [2.05, 4.69) is 48.2 Å². The van der Waals surface area contributed by atoms with E-state index in [1.165, 1.54) is 11.3 Å². The number of amidine groups is 1. The summed E-state index contributed by atoms with van der Waals surface area (Å²) in [6.07, 6.45) is 3.09. The van der Waals surface area contributed by atoms with Crippen molar-refractivity contribution >= 4 is 11.5 Å². The molecule has 0 radical (unpaired) electrons. The van der Waals surface area contributed by atoms with Crippen LogP contribution in [-0.2, 0) is 0 Å². The van der Waals surface area contributed by atoms with Gasteiger partial charge in [0.15, 0.2) is 0 Å². The SMILES string of the molecule is CCN(CCCCC(C)(C)/C(N)=N/O)c1ccc(C)cc1. The largest absolute Gasteiger partial charge is 0.409 e. The van der Waals surface area contributed by atoms with Gasteiger partial charge in [-0.25, -0.2) is 0 Å². The molecule has 21 heavy (non-hydrogen) atoms. The molecule has 1 rings (SSSR count). The molecule has 0 saturated heterocycles. The lowest BCUT2D eigenvalue weighted by Crippen LogP contribution is -2.32. The van der Waals surface area contributed by atoms with Gasteiger partial charge in [0.2, 0.25) is 0 Å². The molecule has 0 aromatic heterocycles. The summed E-state index contributed by atoms with van der Waals surface area (Å²) in [5.74, 6) is 0.313. The number of nitrogens with zero attached hydrogens (tertiary/aromatic N) is 2. The summed E-state index contributed by atoms with van der Waals surface area (Å²) in [5.41, 5.74) is 8.04. The minimum absolute atomic E-state index is 0.240. The monoisotopic (exact) mass is 291 g/mol. The lowest BCUT2D eigenvalue weighted by molar-refractivity contribution is 0.304. The van der Waals surface area contributed by atoms with Crippen molar-refractivity contribution in [3.8, 4) is 0 Å². The Kier molecular flexibility index (Phi) is 6.53. The van der Waals surface area contributed by atoms with E-state index < -0.39 is 0 Å². The van der Waals surface area contributed by atoms with E-state index in [1.54, 1.807) is 0 Å². The van der Waals surface area contributed by atoms with Crippen LogP contribution in [-0.4, -0.2) is 24.1 Å². The third-order valence-corrected chi connectivity index (χ3v) is 4.06. The lowest BCUT2D eigenvalue weighted by atomic mass is 9.86. The summed E-state index contributed by atoms with van der Waals surface area (Å²) in [5, 5.41) is 11.9. The average Bonchev–Trinajstić information content (AvgIpc) is 2.47. The minimum Gasteiger partial charge on any atom is -0.409 e. The molecule has 0 bridgehead atoms. The number of benzene rings is 1. The average molecular weight is 291 g/mol. The molecule has 1 aromatic rings. The molecule has 0 aliphatic carbocycles. The molecule has 0 fully saturated rings. The van der Waals surface area contributed by atoms with Crippen molar-refractivity contribution in [2.75, 3.05) is 18.0 Å². The van der Waals surface area contributed by atoms with E-state index in [0.29, 0.717) is 5.84 Å². The van der Waals surface area contributed by atoms with Gasteiger partial charge in [-0.2, -0.15) is 0 Å². The Balaban J connectivity index is 2.45. The van der Waals surface area contributed by atoms with Gasteiger partial charge in [-0.15, -0.1) is 0 Å². The molecule has 0 amide bonds. The lowest BCUT2D eigenvalue weighted by Gasteiger charge is -2.25. The third-order valence-electron chi connectivity index (χ3n) is 4.06. The zero-order valence-electron chi connectivity index (χ0n) is 13.8. The zero-order chi connectivity index (χ0) is 15.9. The number of unbranched alkanes of at least 4 members (excludes halogenated alkanes) is 1. The van der Waals surface area contributed by atoms with Crippen molar-refractivity contribution in [2.45, 2.75) is 47.0 Å². The second kappa shape index (κ2) is 7.91. The first-order valence-electron chi connectivity index (χ1n) is 7.70. The van der Waals surface area contributed by atoms with Crippen LogP contribution in [0.2, 0.25) is 0 Å². The van der Waals surface area contributed by atoms with Gasteiger partial charge in [0, 0.05) is 24.2 Å². The van der Waals surface area contributed by atoms with Crippen LogP contribution >= 0.6 is 0 Å². The number of oxime groups is 1. The van der Waals surface area contributed by atoms with Crippen LogP contribution in [0.25, 0.3) is 0 Å². The number of nitrogens with two attached hydrogens (primary N) is 1. The molecular weight excluding hydrogens is 262 g/mol. The second-order valence-electron chi connectivity index (χ2n) is 6.24. The van der Waals surface area contributed by atoms with Crippen molar-refractivity contribution in [2.24, 2.45) is 16.3 Å². The zero-order valence-corrected chi connectivity index (χ0v) is 13.8. The summed E-state index contributed by atoms with van der Waals surface area (Å²) in [4.78, 5) is 2.38. The van der Waals surface area contributed by atoms with Gasteiger partial charge in [0.05, 0.1) is 0 Å². The van der Waals surface area contributed by atoms with Crippen molar-refractivity contribution in [3.05, 3.63) is 29.8 Å². The van der Waals surface area contributed by atoms with E-state index in [-0.39, 0.29) is 5.41 Å². The highest BCUT2D eigenvalue weighted by atomic mass is 16.4. The molecule has 0 atom stereocenters. The number of hydrogen-bond acceptors (Lipinski definition) is 3. The van der Waals surface area contributed by atoms with Gasteiger partial charge in [0.25, 0.3) is 0 Å². The van der Waals surface area contributed by atoms with E-state index >= 15 is 0 Å². The molecule has 0 heterocycles. The van der Waals surface area contributed by atoms with Crippen molar-refractivity contribution < 1.29 is 5.21 Å². The van der Waals surface area contributed by atoms with Gasteiger partial charge >= 0.3 is 0 Å². The molecule has 0 unspecified atom stereocenters. The van der Waals surface area contributed by atoms with Gasteiger partial charge in [-0.05, 0) is 38.8 Å². The van der Waals surface area contributed by atoms with Crippen LogP contribution in [0.15, 0.2) is 29.4 Å². The van der Waals surface area contributed by atoms with Crippen molar-refractivity contribution in [1.82, 2.24) is 0 Å². The van der Waals surface area contributed by atoms with Gasteiger partial charge in [0.1, 0.15) is 5.84 Å². The van der Waals surface area contributed by atoms with E-state index in [9.17, 15) is 0 Å². The van der Waals surface area contributed by atoms with Crippen LogP contribution in [0.1, 0.15) is 45.6 Å². The van der Waals surface area contributed by atoms with E-state index in [4.69, 9.17) is 10.9 Å². The third kappa shape index (κ3) is 5.29. The van der Waals surface area contributed by atoms with Gasteiger partial charge < -0.3 is 15.8 Å². The quantitative estimate of drug-likeness (QED) is 0.252. The first kappa shape index (κ1) is 17.3. The minimum atomic E-state index is -0.240. The number of hydrogen-bond donors (Lipinski definition) is 2. The summed E-state index contributed by atoms with van der Waals surface area (Å²) in [6.45, 7) is 10.4. The Morgan fingerprint density at radius 1 is 1.24 bits per heavy atom. The smallest absolute Gasteiger partial charge is 0.144 e. The Morgan fingerprint density at radius 3 is 2.38 bits per heavy atom. The molecule has 0 spiro atoms. The molecule has 1 aromatic carbocycles. The predicted octanol–water partition coefficient (Wildman–Crippen LogP) is 3.76. The Labute approximate surface area is 128 Å². The highest BCUT2D eigenvalue weighted by molar-refractivity contribution is 5.85. The van der Waals surface area contributed by atoms with Crippen LogP contribution < -0.4 is 10.6 Å². The molecule has 118 valence electrons. The predicted molar refractivity (Wildman–Crippen MR) is 90.1 cm³/mol. The van der Waals surface area contributed by atoms with Gasteiger partial charge in [-0.3, -0.25) is 0 Å². The molecule has 0 aliphatic heterocycles. The summed E-state index contributed by atoms with van der Waals surface area (Å²) in [7, 11) is 0. The Morgan fingerprint density at radius 2 is 1.86 bits per heavy atom. The molecule has 3 N–H and O–H groups in total. The molecule has 4 nitrogen and oxygen atoms in total. The Hall–Kier alpha value is -1.71. The first-order chi connectivity index (χ1) is 9.90. The summed E-state index contributed by atoms with van der Waals surface area (Å²) >= 11 is 0. The summed E-state index contributed by atoms with van der Waals surface area (Å²) in [6, 6.07) is 8.66. The maximum atomic E-state index is 8.78. The second-order valence-corrected chi connectivity index (χ2v) is 6.24. The fourth-order valence-corrected chi connectivity index (χ4v) is 2.36. The highest BCUT2D eigenvalue weighted by Gasteiger charge is 2.22. The topological polar surface area (TPSA) is 61.8 Å². The standard InChI is InChI=1S/C17H29N3O/c1-5-20(15-10-8-14(2)9-11-15)13-7-6-12-17(3,4)16(18)19-21/h8-11,21H,5-7,12-13H2,1-4H3,(H2,18,19). The fraction of sp³-hybridized carbons (Fsp3) is 0.588.